The molecule has 2 aromatic carbocycles. The summed E-state index contributed by atoms with van der Waals surface area (Å²) in [6.07, 6.45) is 4.44. The highest BCUT2D eigenvalue weighted by Crippen LogP contribution is 2.36. The Kier molecular flexibility index (Phi) is 12.1. The van der Waals surface area contributed by atoms with Crippen molar-refractivity contribution in [3.63, 3.8) is 0 Å². The molecule has 52 heavy (non-hydrogen) atoms. The molecule has 2 aromatic heterocycles. The molecule has 1 fully saturated rings. The number of nitrogens with zero attached hydrogens (tertiary/aromatic N) is 5. The lowest BCUT2D eigenvalue weighted by atomic mass is 9.88. The fourth-order valence-electron chi connectivity index (χ4n) is 6.16. The average molecular weight is 732 g/mol. The van der Waals surface area contributed by atoms with Gasteiger partial charge in [0.05, 0.1) is 54.0 Å². The Balaban J connectivity index is 1.45. The zero-order valence-corrected chi connectivity index (χ0v) is 31.7. The highest BCUT2D eigenvalue weighted by atomic mass is 32.2. The molecule has 3 heterocycles. The monoisotopic (exact) mass is 731 g/mol. The lowest BCUT2D eigenvalue weighted by Crippen LogP contribution is -2.38. The van der Waals surface area contributed by atoms with E-state index in [2.05, 4.69) is 64.5 Å². The molecule has 3 N–H and O–H groups in total. The molecule has 278 valence electrons. The average Bonchev–Trinajstić information content (AvgIpc) is 3.10. The molecular weight excluding hydrogens is 683 g/mol. The topological polar surface area (TPSA) is 169 Å². The van der Waals surface area contributed by atoms with Crippen LogP contribution < -0.4 is 19.7 Å². The number of nitrogens with one attached hydrogen (secondary N) is 2. The fourth-order valence-corrected chi connectivity index (χ4v) is 7.15. The van der Waals surface area contributed by atoms with E-state index in [-0.39, 0.29) is 46.3 Å². The van der Waals surface area contributed by atoms with Gasteiger partial charge in [0.25, 0.3) is 10.0 Å². The van der Waals surface area contributed by atoms with Gasteiger partial charge in [0, 0.05) is 30.3 Å². The van der Waals surface area contributed by atoms with E-state index in [1.165, 1.54) is 18.2 Å². The first-order chi connectivity index (χ1) is 24.6. The molecule has 0 unspecified atom stereocenters. The van der Waals surface area contributed by atoms with Gasteiger partial charge in [-0.05, 0) is 60.9 Å². The van der Waals surface area contributed by atoms with E-state index in [4.69, 9.17) is 14.5 Å². The van der Waals surface area contributed by atoms with Crippen LogP contribution in [0.1, 0.15) is 79.8 Å². The second-order valence-electron chi connectivity index (χ2n) is 14.6. The quantitative estimate of drug-likeness (QED) is 0.139. The van der Waals surface area contributed by atoms with Gasteiger partial charge in [-0.25, -0.2) is 32.9 Å². The minimum absolute atomic E-state index is 0.0491. The molecule has 13 nitrogen and oxygen atoms in total. The number of carbonyl (C=O) groups is 1. The maximum absolute atomic E-state index is 13.6. The predicted molar refractivity (Wildman–Crippen MR) is 200 cm³/mol. The van der Waals surface area contributed by atoms with Gasteiger partial charge in [-0.15, -0.1) is 0 Å². The van der Waals surface area contributed by atoms with Crippen LogP contribution in [0, 0.1) is 19.3 Å². The summed E-state index contributed by atoms with van der Waals surface area (Å²) in [6.45, 7) is 18.1. The van der Waals surface area contributed by atoms with Gasteiger partial charge >= 0.3 is 5.97 Å². The third-order valence-corrected chi connectivity index (χ3v) is 10.1. The van der Waals surface area contributed by atoms with Gasteiger partial charge in [0.15, 0.2) is 0 Å². The van der Waals surface area contributed by atoms with Crippen molar-refractivity contribution in [1.82, 2.24) is 25.3 Å². The van der Waals surface area contributed by atoms with Gasteiger partial charge in [0.2, 0.25) is 11.8 Å². The highest BCUT2D eigenvalue weighted by molar-refractivity contribution is 7.92. The van der Waals surface area contributed by atoms with Crippen LogP contribution in [-0.2, 0) is 21.3 Å². The molecular formula is C38H49N7O6S. The SMILES string of the molecule is Cc1cccc(C(C)C)c1-c1nc(NS(=O)(=O)c2cccc(C(=O)O)c2)nc(OC[C@@H](CC(C)(C)C)NCc2ncc(N3CCOCC3)cn2)c1C. The molecule has 1 aliphatic heterocycles. The first-order valence-electron chi connectivity index (χ1n) is 17.5. The molecule has 0 aliphatic carbocycles. The van der Waals surface area contributed by atoms with E-state index in [1.807, 2.05) is 44.4 Å². The highest BCUT2D eigenvalue weighted by Gasteiger charge is 2.25. The van der Waals surface area contributed by atoms with Crippen LogP contribution in [0.2, 0.25) is 0 Å². The van der Waals surface area contributed by atoms with E-state index in [1.54, 1.807) is 0 Å². The first-order valence-corrected chi connectivity index (χ1v) is 18.9. The van der Waals surface area contributed by atoms with Crippen molar-refractivity contribution >= 4 is 27.6 Å². The van der Waals surface area contributed by atoms with E-state index in [9.17, 15) is 18.3 Å². The minimum Gasteiger partial charge on any atom is -0.478 e. The Hall–Kier alpha value is -4.66. The largest absolute Gasteiger partial charge is 0.478 e. The van der Waals surface area contributed by atoms with Crippen LogP contribution >= 0.6 is 0 Å². The van der Waals surface area contributed by atoms with Crippen molar-refractivity contribution in [2.45, 2.75) is 78.3 Å². The summed E-state index contributed by atoms with van der Waals surface area (Å²) in [6, 6.07) is 11.0. The summed E-state index contributed by atoms with van der Waals surface area (Å²) in [5.74, 6) is -0.397. The predicted octanol–water partition coefficient (Wildman–Crippen LogP) is 5.98. The van der Waals surface area contributed by atoms with Crippen LogP contribution in [0.5, 0.6) is 5.88 Å². The number of carboxylic acids is 1. The molecule has 4 aromatic rings. The zero-order valence-electron chi connectivity index (χ0n) is 30.9. The number of hydrogen-bond acceptors (Lipinski definition) is 11. The van der Waals surface area contributed by atoms with Crippen molar-refractivity contribution in [3.8, 4) is 17.1 Å². The third kappa shape index (κ3) is 9.81. The number of aromatic nitrogens is 4. The van der Waals surface area contributed by atoms with Gasteiger partial charge in [-0.3, -0.25) is 0 Å². The van der Waals surface area contributed by atoms with Crippen molar-refractivity contribution in [2.24, 2.45) is 5.41 Å². The molecule has 1 atom stereocenters. The summed E-state index contributed by atoms with van der Waals surface area (Å²) in [4.78, 5) is 32.1. The summed E-state index contributed by atoms with van der Waals surface area (Å²) in [5.41, 5.74) is 4.84. The van der Waals surface area contributed by atoms with Crippen molar-refractivity contribution in [3.05, 3.63) is 82.9 Å². The van der Waals surface area contributed by atoms with Crippen LogP contribution in [0.3, 0.4) is 0 Å². The number of aromatic carboxylic acids is 1. The normalized spacial score (nSPS) is 14.3. The number of morpholine rings is 1. The van der Waals surface area contributed by atoms with Gasteiger partial charge < -0.3 is 24.8 Å². The molecule has 1 saturated heterocycles. The van der Waals surface area contributed by atoms with E-state index < -0.39 is 16.0 Å². The van der Waals surface area contributed by atoms with Gasteiger partial charge in [-0.2, -0.15) is 4.98 Å². The summed E-state index contributed by atoms with van der Waals surface area (Å²) < 4.78 is 41.5. The third-order valence-electron chi connectivity index (χ3n) is 8.78. The van der Waals surface area contributed by atoms with Crippen LogP contribution in [0.4, 0.5) is 11.6 Å². The van der Waals surface area contributed by atoms with E-state index in [0.29, 0.717) is 36.8 Å². The maximum Gasteiger partial charge on any atom is 0.335 e. The Morgan fingerprint density at radius 2 is 1.73 bits per heavy atom. The zero-order chi connectivity index (χ0) is 37.6. The Bertz CT molecular complexity index is 1980. The number of aryl methyl sites for hydroxylation is 1. The minimum atomic E-state index is -4.27. The number of anilines is 2. The molecule has 5 rings (SSSR count). The van der Waals surface area contributed by atoms with E-state index in [0.717, 1.165) is 48.0 Å². The summed E-state index contributed by atoms with van der Waals surface area (Å²) in [5, 5.41) is 13.0. The Morgan fingerprint density at radius 1 is 1.04 bits per heavy atom. The Labute approximate surface area is 306 Å². The summed E-state index contributed by atoms with van der Waals surface area (Å²) in [7, 11) is -4.27. The summed E-state index contributed by atoms with van der Waals surface area (Å²) >= 11 is 0. The van der Waals surface area contributed by atoms with Crippen molar-refractivity contribution in [1.29, 1.82) is 0 Å². The van der Waals surface area contributed by atoms with Gasteiger partial charge in [-0.1, -0.05) is 58.9 Å². The second-order valence-corrected chi connectivity index (χ2v) is 16.3. The lowest BCUT2D eigenvalue weighted by molar-refractivity contribution is 0.0696. The number of sulfonamides is 1. The van der Waals surface area contributed by atoms with Crippen LogP contribution in [-0.4, -0.2) is 78.4 Å². The number of carboxylic acid groups (broad SMARTS) is 1. The van der Waals surface area contributed by atoms with Gasteiger partial charge in [0.1, 0.15) is 12.4 Å². The van der Waals surface area contributed by atoms with Crippen molar-refractivity contribution in [2.75, 3.05) is 42.5 Å². The molecule has 0 saturated carbocycles. The van der Waals surface area contributed by atoms with Crippen LogP contribution in [0.25, 0.3) is 11.3 Å². The molecule has 14 heteroatoms. The lowest BCUT2D eigenvalue weighted by Gasteiger charge is -2.28. The van der Waals surface area contributed by atoms with Crippen molar-refractivity contribution < 1.29 is 27.8 Å². The number of hydrogen-bond donors (Lipinski definition) is 3. The molecule has 1 aliphatic rings. The first kappa shape index (κ1) is 38.6. The number of rotatable bonds is 14. The Morgan fingerprint density at radius 3 is 2.38 bits per heavy atom. The second kappa shape index (κ2) is 16.3. The maximum atomic E-state index is 13.6. The smallest absolute Gasteiger partial charge is 0.335 e. The molecule has 0 radical (unpaired) electrons. The standard InChI is InChI=1S/C38H49N7O6S/c1-24(2)31-13-8-10-25(3)33(31)34-26(4)35(43-37(42-34)44-52(48,49)30-12-9-11-27(18-30)36(46)47)51-23-28(19-38(5,6)7)39-22-32-40-20-29(21-41-32)45-14-16-50-17-15-45/h8-13,18,20-21,24,28,39H,14-17,19,22-23H2,1-7H3,(H,46,47)(H,42,43,44)/t28-/m1/s1. The fraction of sp³-hybridized carbons (Fsp3) is 0.447. The number of benzene rings is 2. The molecule has 0 bridgehead atoms. The molecule has 0 spiro atoms. The van der Waals surface area contributed by atoms with E-state index >= 15 is 0 Å². The number of ether oxygens (including phenoxy) is 2. The van der Waals surface area contributed by atoms with Crippen LogP contribution in [0.15, 0.2) is 59.8 Å². The molecule has 0 amide bonds.